The number of aromatic carboxylic acids is 1. The Morgan fingerprint density at radius 3 is 2.78 bits per heavy atom. The predicted molar refractivity (Wildman–Crippen MR) is 90.2 cm³/mol. The number of carboxylic acids is 1. The molecule has 1 aliphatic carbocycles. The summed E-state index contributed by atoms with van der Waals surface area (Å²) in [6.45, 7) is 0. The van der Waals surface area contributed by atoms with Crippen LogP contribution in [0.4, 0.5) is 13.2 Å². The number of ether oxygens (including phenoxy) is 1. The number of allylic oxidation sites excluding steroid dienone is 1. The molecule has 0 saturated carbocycles. The van der Waals surface area contributed by atoms with E-state index in [1.54, 1.807) is 17.8 Å². The third-order valence-electron chi connectivity index (χ3n) is 4.34. The van der Waals surface area contributed by atoms with E-state index in [1.807, 2.05) is 0 Å². The van der Waals surface area contributed by atoms with Crippen LogP contribution in [-0.4, -0.2) is 32.2 Å². The Morgan fingerprint density at radius 2 is 2.07 bits per heavy atom. The average molecular weight is 375 g/mol. The zero-order valence-corrected chi connectivity index (χ0v) is 13.9. The van der Waals surface area contributed by atoms with Crippen LogP contribution in [-0.2, 0) is 13.5 Å². The van der Waals surface area contributed by atoms with E-state index < -0.39 is 12.3 Å². The second-order valence-corrected chi connectivity index (χ2v) is 6.07. The Bertz CT molecular complexity index is 1120. The maximum atomic E-state index is 12.5. The van der Waals surface area contributed by atoms with Crippen molar-refractivity contribution in [3.05, 3.63) is 53.0 Å². The first-order valence-corrected chi connectivity index (χ1v) is 7.87. The molecule has 0 atom stereocenters. The van der Waals surface area contributed by atoms with Crippen LogP contribution in [0.1, 0.15) is 27.3 Å². The van der Waals surface area contributed by atoms with E-state index in [9.17, 15) is 23.1 Å². The van der Waals surface area contributed by atoms with Gasteiger partial charge in [0.25, 0.3) is 0 Å². The number of aromatic nitrogens is 3. The molecule has 138 valence electrons. The van der Waals surface area contributed by atoms with Crippen molar-refractivity contribution in [3.63, 3.8) is 0 Å². The summed E-state index contributed by atoms with van der Waals surface area (Å²) in [6.07, 6.45) is -1.35. The van der Waals surface area contributed by atoms with Crippen LogP contribution in [0.5, 0.6) is 5.75 Å². The number of alkyl halides is 3. The van der Waals surface area contributed by atoms with E-state index in [1.165, 1.54) is 30.5 Å². The number of fused-ring (bicyclic) bond motifs is 2. The Balaban J connectivity index is 1.80. The quantitative estimate of drug-likeness (QED) is 0.756. The Labute approximate surface area is 150 Å². The number of hydrogen-bond acceptors (Lipinski definition) is 4. The maximum Gasteiger partial charge on any atom is 0.573 e. The largest absolute Gasteiger partial charge is 0.573 e. The van der Waals surface area contributed by atoms with E-state index in [2.05, 4.69) is 14.8 Å². The van der Waals surface area contributed by atoms with Gasteiger partial charge in [-0.15, -0.1) is 13.2 Å². The summed E-state index contributed by atoms with van der Waals surface area (Å²) < 4.78 is 43.1. The van der Waals surface area contributed by atoms with Gasteiger partial charge in [0, 0.05) is 25.1 Å². The molecule has 0 bridgehead atoms. The lowest BCUT2D eigenvalue weighted by molar-refractivity contribution is -0.274. The van der Waals surface area contributed by atoms with Gasteiger partial charge in [-0.3, -0.25) is 9.67 Å². The number of nitrogens with zero attached hydrogens (tertiary/aromatic N) is 3. The van der Waals surface area contributed by atoms with Crippen LogP contribution in [0.15, 0.2) is 30.5 Å². The summed E-state index contributed by atoms with van der Waals surface area (Å²) in [7, 11) is 1.68. The molecule has 27 heavy (non-hydrogen) atoms. The minimum absolute atomic E-state index is 0.152. The summed E-state index contributed by atoms with van der Waals surface area (Å²) in [5, 5.41) is 14.1. The van der Waals surface area contributed by atoms with E-state index in [-0.39, 0.29) is 11.3 Å². The average Bonchev–Trinajstić information content (AvgIpc) is 3.12. The number of benzene rings is 1. The van der Waals surface area contributed by atoms with Gasteiger partial charge in [-0.2, -0.15) is 5.10 Å². The summed E-state index contributed by atoms with van der Waals surface area (Å²) in [5.41, 5.74) is 3.07. The first-order chi connectivity index (χ1) is 12.7. The minimum Gasteiger partial charge on any atom is -0.478 e. The number of pyridine rings is 1. The van der Waals surface area contributed by atoms with Gasteiger partial charge in [-0.25, -0.2) is 4.79 Å². The lowest BCUT2D eigenvalue weighted by atomic mass is 10.0. The van der Waals surface area contributed by atoms with Crippen molar-refractivity contribution in [3.8, 4) is 5.75 Å². The fraction of sp³-hybridized carbons (Fsp3) is 0.167. The van der Waals surface area contributed by atoms with E-state index in [0.717, 1.165) is 5.57 Å². The number of hydrogen-bond donors (Lipinski definition) is 1. The Kier molecular flexibility index (Phi) is 3.69. The maximum absolute atomic E-state index is 12.5. The molecular formula is C18H12F3N3O3. The van der Waals surface area contributed by atoms with Gasteiger partial charge >= 0.3 is 12.3 Å². The zero-order chi connectivity index (χ0) is 19.3. The van der Waals surface area contributed by atoms with Crippen molar-refractivity contribution in [1.82, 2.24) is 14.8 Å². The highest BCUT2D eigenvalue weighted by molar-refractivity contribution is 6.00. The van der Waals surface area contributed by atoms with Gasteiger partial charge in [0.2, 0.25) is 0 Å². The highest BCUT2D eigenvalue weighted by Crippen LogP contribution is 2.37. The first-order valence-electron chi connectivity index (χ1n) is 7.87. The van der Waals surface area contributed by atoms with Gasteiger partial charge in [-0.05, 0) is 41.5 Å². The van der Waals surface area contributed by atoms with Crippen molar-refractivity contribution in [1.29, 1.82) is 0 Å². The summed E-state index contributed by atoms with van der Waals surface area (Å²) >= 11 is 0. The van der Waals surface area contributed by atoms with Gasteiger partial charge in [-0.1, -0.05) is 0 Å². The molecule has 6 nitrogen and oxygen atoms in total. The number of carbonyl (C=O) groups is 1. The SMILES string of the molecule is Cn1nc2ccc(OC(F)(F)F)cc2c1C1=Cc2nccc(C(=O)O)c2C1. The fourth-order valence-electron chi connectivity index (χ4n) is 3.33. The molecule has 2 heterocycles. The van der Waals surface area contributed by atoms with Crippen molar-refractivity contribution in [2.75, 3.05) is 0 Å². The van der Waals surface area contributed by atoms with E-state index in [0.29, 0.717) is 34.3 Å². The molecule has 1 N–H and O–H groups in total. The molecule has 0 saturated heterocycles. The predicted octanol–water partition coefficient (Wildman–Crippen LogP) is 3.66. The van der Waals surface area contributed by atoms with Crippen LogP contribution in [0.2, 0.25) is 0 Å². The molecule has 0 amide bonds. The molecule has 1 aromatic carbocycles. The molecule has 0 radical (unpaired) electrons. The number of halogens is 3. The van der Waals surface area contributed by atoms with Crippen molar-refractivity contribution < 1.29 is 27.8 Å². The van der Waals surface area contributed by atoms with Gasteiger partial charge in [0.15, 0.2) is 0 Å². The third kappa shape index (κ3) is 3.01. The number of carboxylic acid groups (broad SMARTS) is 1. The van der Waals surface area contributed by atoms with Gasteiger partial charge in [0.05, 0.1) is 22.5 Å². The van der Waals surface area contributed by atoms with Gasteiger partial charge in [0.1, 0.15) is 5.75 Å². The summed E-state index contributed by atoms with van der Waals surface area (Å²) in [5.74, 6) is -1.40. The highest BCUT2D eigenvalue weighted by Gasteiger charge is 2.31. The molecule has 0 fully saturated rings. The lowest BCUT2D eigenvalue weighted by Crippen LogP contribution is -2.16. The standard InChI is InChI=1S/C18H12F3N3O3/c1-24-16(9-6-12-11(17(25)26)4-5-22-15(12)7-9)13-8-10(27-18(19,20)21)2-3-14(13)23-24/h2-5,7-8H,6H2,1H3,(H,25,26). The van der Waals surface area contributed by atoms with Crippen LogP contribution in [0.3, 0.4) is 0 Å². The number of aryl methyl sites for hydroxylation is 1. The Hall–Kier alpha value is -3.36. The first kappa shape index (κ1) is 17.1. The van der Waals surface area contributed by atoms with Crippen LogP contribution in [0.25, 0.3) is 22.6 Å². The molecule has 0 unspecified atom stereocenters. The molecule has 4 rings (SSSR count). The number of rotatable bonds is 3. The van der Waals surface area contributed by atoms with Crippen molar-refractivity contribution in [2.24, 2.45) is 7.05 Å². The second kappa shape index (κ2) is 5.83. The minimum atomic E-state index is -4.79. The fourth-order valence-corrected chi connectivity index (χ4v) is 3.33. The van der Waals surface area contributed by atoms with E-state index >= 15 is 0 Å². The zero-order valence-electron chi connectivity index (χ0n) is 13.9. The molecule has 0 spiro atoms. The lowest BCUT2D eigenvalue weighted by Gasteiger charge is -2.09. The normalized spacial score (nSPS) is 13.6. The highest BCUT2D eigenvalue weighted by atomic mass is 19.4. The van der Waals surface area contributed by atoms with Gasteiger partial charge < -0.3 is 9.84 Å². The van der Waals surface area contributed by atoms with Crippen LogP contribution in [0, 0.1) is 0 Å². The smallest absolute Gasteiger partial charge is 0.478 e. The second-order valence-electron chi connectivity index (χ2n) is 6.07. The monoisotopic (exact) mass is 375 g/mol. The Morgan fingerprint density at radius 1 is 1.30 bits per heavy atom. The molecular weight excluding hydrogens is 363 g/mol. The van der Waals surface area contributed by atoms with E-state index in [4.69, 9.17) is 0 Å². The van der Waals surface area contributed by atoms with Crippen molar-refractivity contribution >= 4 is 28.5 Å². The summed E-state index contributed by atoms with van der Waals surface area (Å²) in [6, 6.07) is 5.35. The molecule has 3 aromatic rings. The molecule has 1 aliphatic rings. The third-order valence-corrected chi connectivity index (χ3v) is 4.34. The topological polar surface area (TPSA) is 77.2 Å². The van der Waals surface area contributed by atoms with Crippen LogP contribution < -0.4 is 4.74 Å². The summed E-state index contributed by atoms with van der Waals surface area (Å²) in [4.78, 5) is 15.6. The molecule has 2 aromatic heterocycles. The molecule has 9 heteroatoms. The molecule has 0 aliphatic heterocycles. The van der Waals surface area contributed by atoms with Crippen LogP contribution >= 0.6 is 0 Å². The van der Waals surface area contributed by atoms with Crippen molar-refractivity contribution in [2.45, 2.75) is 12.8 Å².